The minimum absolute atomic E-state index is 0.190. The molecule has 26 heavy (non-hydrogen) atoms. The lowest BCUT2D eigenvalue weighted by Gasteiger charge is -2.15. The standard InChI is InChI=1S/C18H12BrClN2O4/c19-12-5-6-15(26-9-10-3-1-2-4-14(10)20)11(7-12)8-13-16(23)21-18(25)22-17(13)24/h1-8H,9H2,(H2,21,22,23,24,25). The Morgan fingerprint density at radius 3 is 2.42 bits per heavy atom. The van der Waals surface area contributed by atoms with Crippen molar-refractivity contribution in [3.8, 4) is 5.75 Å². The summed E-state index contributed by atoms with van der Waals surface area (Å²) in [6.45, 7) is 0.217. The van der Waals surface area contributed by atoms with E-state index in [0.29, 0.717) is 16.3 Å². The fourth-order valence-electron chi connectivity index (χ4n) is 2.30. The zero-order chi connectivity index (χ0) is 18.7. The van der Waals surface area contributed by atoms with E-state index in [1.54, 1.807) is 24.3 Å². The lowest BCUT2D eigenvalue weighted by atomic mass is 10.1. The molecule has 132 valence electrons. The van der Waals surface area contributed by atoms with Crippen LogP contribution in [-0.4, -0.2) is 17.8 Å². The van der Waals surface area contributed by atoms with Crippen LogP contribution in [0, 0.1) is 0 Å². The number of halogens is 2. The predicted molar refractivity (Wildman–Crippen MR) is 99.6 cm³/mol. The van der Waals surface area contributed by atoms with Crippen molar-refractivity contribution in [2.45, 2.75) is 6.61 Å². The van der Waals surface area contributed by atoms with E-state index in [2.05, 4.69) is 15.9 Å². The van der Waals surface area contributed by atoms with Crippen molar-refractivity contribution in [2.24, 2.45) is 0 Å². The zero-order valence-corrected chi connectivity index (χ0v) is 15.6. The summed E-state index contributed by atoms with van der Waals surface area (Å²) in [5, 5.41) is 4.64. The molecule has 3 rings (SSSR count). The van der Waals surface area contributed by atoms with Gasteiger partial charge < -0.3 is 4.74 Å². The number of rotatable bonds is 4. The van der Waals surface area contributed by atoms with E-state index < -0.39 is 17.8 Å². The molecule has 8 heteroatoms. The highest BCUT2D eigenvalue weighted by atomic mass is 79.9. The molecule has 1 aliphatic rings. The molecule has 2 aromatic rings. The van der Waals surface area contributed by atoms with E-state index in [4.69, 9.17) is 16.3 Å². The number of benzene rings is 2. The number of barbiturate groups is 1. The maximum atomic E-state index is 11.9. The van der Waals surface area contributed by atoms with Gasteiger partial charge in [-0.25, -0.2) is 4.79 Å². The molecule has 0 aromatic heterocycles. The summed E-state index contributed by atoms with van der Waals surface area (Å²) in [5.41, 5.74) is 1.11. The van der Waals surface area contributed by atoms with Crippen LogP contribution in [0.15, 0.2) is 52.5 Å². The van der Waals surface area contributed by atoms with Crippen LogP contribution >= 0.6 is 27.5 Å². The van der Waals surface area contributed by atoms with Crippen LogP contribution in [0.25, 0.3) is 6.08 Å². The van der Waals surface area contributed by atoms with Crippen molar-refractivity contribution in [2.75, 3.05) is 0 Å². The van der Waals surface area contributed by atoms with Crippen LogP contribution in [0.4, 0.5) is 4.79 Å². The normalized spacial score (nSPS) is 13.9. The summed E-state index contributed by atoms with van der Waals surface area (Å²) >= 11 is 9.47. The number of hydrogen-bond acceptors (Lipinski definition) is 4. The largest absolute Gasteiger partial charge is 0.488 e. The molecule has 4 amide bonds. The second kappa shape index (κ2) is 7.72. The third-order valence-corrected chi connectivity index (χ3v) is 4.42. The number of nitrogens with one attached hydrogen (secondary N) is 2. The molecule has 0 aliphatic carbocycles. The fraction of sp³-hybridized carbons (Fsp3) is 0.0556. The Labute approximate surface area is 162 Å². The summed E-state index contributed by atoms with van der Waals surface area (Å²) in [7, 11) is 0. The Balaban J connectivity index is 1.90. The number of urea groups is 1. The number of hydrogen-bond donors (Lipinski definition) is 2. The molecule has 0 bridgehead atoms. The first-order valence-corrected chi connectivity index (χ1v) is 8.65. The SMILES string of the molecule is O=C1NC(=O)C(=Cc2cc(Br)ccc2OCc2ccccc2Cl)C(=O)N1. The van der Waals surface area contributed by atoms with E-state index in [1.807, 2.05) is 28.8 Å². The Hall–Kier alpha value is -2.64. The number of carbonyl (C=O) groups is 3. The third-order valence-electron chi connectivity index (χ3n) is 3.56. The molecule has 1 fully saturated rings. The quantitative estimate of drug-likeness (QED) is 0.569. The highest BCUT2D eigenvalue weighted by Gasteiger charge is 2.28. The molecule has 1 heterocycles. The molecule has 1 aliphatic heterocycles. The maximum Gasteiger partial charge on any atom is 0.328 e. The van der Waals surface area contributed by atoms with Crippen LogP contribution in [0.1, 0.15) is 11.1 Å². The van der Waals surface area contributed by atoms with Crippen molar-refractivity contribution in [3.63, 3.8) is 0 Å². The van der Waals surface area contributed by atoms with Gasteiger partial charge in [0.1, 0.15) is 17.9 Å². The molecular weight excluding hydrogens is 424 g/mol. The van der Waals surface area contributed by atoms with Crippen LogP contribution in [0.2, 0.25) is 5.02 Å². The smallest absolute Gasteiger partial charge is 0.328 e. The summed E-state index contributed by atoms with van der Waals surface area (Å²) in [6, 6.07) is 11.6. The summed E-state index contributed by atoms with van der Waals surface area (Å²) in [5.74, 6) is -1.08. The van der Waals surface area contributed by atoms with Crippen molar-refractivity contribution in [3.05, 3.63) is 68.7 Å². The van der Waals surface area contributed by atoms with Crippen LogP contribution < -0.4 is 15.4 Å². The van der Waals surface area contributed by atoms with Crippen LogP contribution in [-0.2, 0) is 16.2 Å². The van der Waals surface area contributed by atoms with Crippen molar-refractivity contribution in [1.29, 1.82) is 0 Å². The van der Waals surface area contributed by atoms with Crippen molar-refractivity contribution in [1.82, 2.24) is 10.6 Å². The van der Waals surface area contributed by atoms with E-state index in [0.717, 1.165) is 10.0 Å². The van der Waals surface area contributed by atoms with Gasteiger partial charge in [0, 0.05) is 20.6 Å². The summed E-state index contributed by atoms with van der Waals surface area (Å²) in [6.07, 6.45) is 1.36. The molecule has 1 saturated heterocycles. The first-order chi connectivity index (χ1) is 12.4. The van der Waals surface area contributed by atoms with Gasteiger partial charge in [0.05, 0.1) is 0 Å². The molecular formula is C18H12BrClN2O4. The number of carbonyl (C=O) groups excluding carboxylic acids is 3. The van der Waals surface area contributed by atoms with E-state index >= 15 is 0 Å². The van der Waals surface area contributed by atoms with Crippen LogP contribution in [0.5, 0.6) is 5.75 Å². The predicted octanol–water partition coefficient (Wildman–Crippen LogP) is 3.43. The monoisotopic (exact) mass is 434 g/mol. The van der Waals surface area contributed by atoms with Gasteiger partial charge >= 0.3 is 6.03 Å². The van der Waals surface area contributed by atoms with Gasteiger partial charge in [-0.1, -0.05) is 45.7 Å². The molecule has 2 aromatic carbocycles. The Morgan fingerprint density at radius 2 is 1.73 bits per heavy atom. The highest BCUT2D eigenvalue weighted by Crippen LogP contribution is 2.27. The van der Waals surface area contributed by atoms with Crippen molar-refractivity contribution >= 4 is 51.5 Å². The van der Waals surface area contributed by atoms with E-state index in [1.165, 1.54) is 6.08 Å². The second-order valence-electron chi connectivity index (χ2n) is 5.36. The topological polar surface area (TPSA) is 84.5 Å². The average molecular weight is 436 g/mol. The van der Waals surface area contributed by atoms with Crippen molar-refractivity contribution < 1.29 is 19.1 Å². The lowest BCUT2D eigenvalue weighted by Crippen LogP contribution is -2.51. The molecule has 0 saturated carbocycles. The molecule has 6 nitrogen and oxygen atoms in total. The average Bonchev–Trinajstić information content (AvgIpc) is 2.58. The summed E-state index contributed by atoms with van der Waals surface area (Å²) < 4.78 is 6.55. The Morgan fingerprint density at radius 1 is 1.04 bits per heavy atom. The number of ether oxygens (including phenoxy) is 1. The van der Waals surface area contributed by atoms with E-state index in [9.17, 15) is 14.4 Å². The Kier molecular flexibility index (Phi) is 5.39. The first kappa shape index (κ1) is 18.2. The van der Waals surface area contributed by atoms with Gasteiger partial charge in [0.15, 0.2) is 0 Å². The van der Waals surface area contributed by atoms with E-state index in [-0.39, 0.29) is 12.2 Å². The fourth-order valence-corrected chi connectivity index (χ4v) is 2.87. The third kappa shape index (κ3) is 4.12. The number of amides is 4. The minimum atomic E-state index is -0.846. The molecule has 0 atom stereocenters. The zero-order valence-electron chi connectivity index (χ0n) is 13.2. The molecule has 0 spiro atoms. The maximum absolute atomic E-state index is 11.9. The van der Waals surface area contributed by atoms with Gasteiger partial charge in [-0.2, -0.15) is 0 Å². The van der Waals surface area contributed by atoms with Gasteiger partial charge in [0.25, 0.3) is 11.8 Å². The molecule has 0 unspecified atom stereocenters. The van der Waals surface area contributed by atoms with Gasteiger partial charge in [-0.3, -0.25) is 20.2 Å². The minimum Gasteiger partial charge on any atom is -0.488 e. The van der Waals surface area contributed by atoms with Crippen LogP contribution in [0.3, 0.4) is 0 Å². The molecule has 2 N–H and O–H groups in total. The van der Waals surface area contributed by atoms with Gasteiger partial charge in [0.2, 0.25) is 0 Å². The summed E-state index contributed by atoms with van der Waals surface area (Å²) in [4.78, 5) is 35.0. The number of imide groups is 2. The first-order valence-electron chi connectivity index (χ1n) is 7.48. The molecule has 0 radical (unpaired) electrons. The van der Waals surface area contributed by atoms with Gasteiger partial charge in [-0.15, -0.1) is 0 Å². The second-order valence-corrected chi connectivity index (χ2v) is 6.68. The lowest BCUT2D eigenvalue weighted by molar-refractivity contribution is -0.123. The Bertz CT molecular complexity index is 921. The highest BCUT2D eigenvalue weighted by molar-refractivity contribution is 9.10. The van der Waals surface area contributed by atoms with Gasteiger partial charge in [-0.05, 0) is 30.3 Å².